The van der Waals surface area contributed by atoms with Gasteiger partial charge in [0.2, 0.25) is 0 Å². The number of aromatic nitrogens is 2. The molecule has 2 heterocycles. The van der Waals surface area contributed by atoms with Crippen LogP contribution in [0.15, 0.2) is 30.3 Å². The van der Waals surface area contributed by atoms with Crippen LogP contribution in [0.4, 0.5) is 10.5 Å². The topological polar surface area (TPSA) is 93.5 Å². The molecule has 2 aromatic rings. The molecular weight excluding hydrogens is 368 g/mol. The first kappa shape index (κ1) is 19.0. The van der Waals surface area contributed by atoms with Crippen LogP contribution in [0.3, 0.4) is 0 Å². The number of amides is 2. The molecule has 2 amide bonds. The number of carbonyl (C=O) groups is 3. The van der Waals surface area contributed by atoms with Gasteiger partial charge in [0.05, 0.1) is 22.8 Å². The number of rotatable bonds is 6. The molecule has 1 aromatic carbocycles. The highest BCUT2D eigenvalue weighted by atomic mass is 32.2. The van der Waals surface area contributed by atoms with Crippen LogP contribution in [0.1, 0.15) is 11.4 Å². The zero-order chi connectivity index (χ0) is 19.4. The lowest BCUT2D eigenvalue weighted by atomic mass is 10.3. The number of anilines is 1. The maximum absolute atomic E-state index is 12.2. The summed E-state index contributed by atoms with van der Waals surface area (Å²) in [5.41, 5.74) is 2.91. The van der Waals surface area contributed by atoms with Gasteiger partial charge in [-0.15, -0.1) is 0 Å². The van der Waals surface area contributed by atoms with Gasteiger partial charge in [0, 0.05) is 12.3 Å². The molecule has 1 aliphatic heterocycles. The van der Waals surface area contributed by atoms with Gasteiger partial charge in [-0.05, 0) is 26.0 Å². The van der Waals surface area contributed by atoms with Crippen LogP contribution in [0.2, 0.25) is 0 Å². The number of carbonyl (C=O) groups excluding carboxylic acids is 3. The summed E-state index contributed by atoms with van der Waals surface area (Å²) in [6.07, 6.45) is 0. The van der Waals surface area contributed by atoms with E-state index in [0.717, 1.165) is 11.4 Å². The highest BCUT2D eigenvalue weighted by Crippen LogP contribution is 2.22. The van der Waals surface area contributed by atoms with Crippen LogP contribution in [0.25, 0.3) is 5.69 Å². The fourth-order valence-corrected chi connectivity index (χ4v) is 3.56. The summed E-state index contributed by atoms with van der Waals surface area (Å²) in [5.74, 6) is -0.393. The number of thioether (sulfide) groups is 1. The number of nitrogens with one attached hydrogen (secondary N) is 1. The van der Waals surface area contributed by atoms with Crippen molar-refractivity contribution >= 4 is 34.6 Å². The maximum Gasteiger partial charge on any atom is 0.326 e. The number of hydrogen-bond donors (Lipinski definition) is 1. The number of para-hydroxylation sites is 1. The average molecular weight is 388 g/mol. The zero-order valence-electron chi connectivity index (χ0n) is 15.1. The van der Waals surface area contributed by atoms with Crippen molar-refractivity contribution < 1.29 is 19.1 Å². The minimum Gasteiger partial charge on any atom is -0.454 e. The Morgan fingerprint density at radius 2 is 2.00 bits per heavy atom. The third kappa shape index (κ3) is 4.48. The number of nitrogens with zero attached hydrogens (tertiary/aromatic N) is 3. The lowest BCUT2D eigenvalue weighted by Gasteiger charge is -2.13. The third-order valence-electron chi connectivity index (χ3n) is 4.09. The Morgan fingerprint density at radius 3 is 2.67 bits per heavy atom. The molecule has 1 aliphatic rings. The van der Waals surface area contributed by atoms with Crippen molar-refractivity contribution in [3.63, 3.8) is 0 Å². The smallest absolute Gasteiger partial charge is 0.326 e. The molecule has 8 nitrogen and oxygen atoms in total. The second kappa shape index (κ2) is 8.26. The average Bonchev–Trinajstić information content (AvgIpc) is 3.18. The molecule has 0 radical (unpaired) electrons. The van der Waals surface area contributed by atoms with E-state index in [0.29, 0.717) is 23.7 Å². The molecule has 0 aliphatic carbocycles. The molecule has 0 unspecified atom stereocenters. The summed E-state index contributed by atoms with van der Waals surface area (Å²) in [5, 5.41) is 7.05. The third-order valence-corrected chi connectivity index (χ3v) is 4.98. The summed E-state index contributed by atoms with van der Waals surface area (Å²) in [7, 11) is 0. The van der Waals surface area contributed by atoms with Crippen molar-refractivity contribution in [3.8, 4) is 5.69 Å². The van der Waals surface area contributed by atoms with E-state index in [-0.39, 0.29) is 11.8 Å². The summed E-state index contributed by atoms with van der Waals surface area (Å²) in [6, 6.07) is 9.58. The number of esters is 1. The first-order valence-corrected chi connectivity index (χ1v) is 9.43. The molecule has 0 atom stereocenters. The molecular formula is C18H20N4O4S. The molecule has 0 bridgehead atoms. The first-order chi connectivity index (χ1) is 13.0. The van der Waals surface area contributed by atoms with Crippen LogP contribution < -0.4 is 5.32 Å². The van der Waals surface area contributed by atoms with Crippen LogP contribution in [0, 0.1) is 13.8 Å². The number of aryl methyl sites for hydroxylation is 1. The van der Waals surface area contributed by atoms with Gasteiger partial charge in [0.15, 0.2) is 6.61 Å². The van der Waals surface area contributed by atoms with Crippen molar-refractivity contribution in [1.82, 2.24) is 14.7 Å². The monoisotopic (exact) mass is 388 g/mol. The Balaban J connectivity index is 1.57. The summed E-state index contributed by atoms with van der Waals surface area (Å²) < 4.78 is 6.72. The van der Waals surface area contributed by atoms with E-state index in [2.05, 4.69) is 10.4 Å². The predicted octanol–water partition coefficient (Wildman–Crippen LogP) is 2.14. The molecule has 3 rings (SSSR count). The van der Waals surface area contributed by atoms with E-state index in [1.165, 1.54) is 16.7 Å². The van der Waals surface area contributed by atoms with Crippen molar-refractivity contribution in [3.05, 3.63) is 41.7 Å². The van der Waals surface area contributed by atoms with E-state index in [4.69, 9.17) is 4.74 Å². The number of hydrogen-bond acceptors (Lipinski definition) is 6. The standard InChI is InChI=1S/C18H20N4O4S/c1-12-17(13(2)22(20-12)14-6-4-3-5-7-14)19-15(23)11-26-16(24)10-21-8-9-27-18(21)25/h3-7H,8-11H2,1-2H3,(H,19,23). The van der Waals surface area contributed by atoms with Crippen LogP contribution in [0.5, 0.6) is 0 Å². The van der Waals surface area contributed by atoms with E-state index in [1.54, 1.807) is 11.6 Å². The fraction of sp³-hybridized carbons (Fsp3) is 0.333. The molecule has 9 heteroatoms. The highest BCUT2D eigenvalue weighted by molar-refractivity contribution is 8.13. The fourth-order valence-electron chi connectivity index (χ4n) is 2.74. The second-order valence-corrected chi connectivity index (χ2v) is 7.08. The molecule has 27 heavy (non-hydrogen) atoms. The summed E-state index contributed by atoms with van der Waals surface area (Å²) >= 11 is 1.17. The SMILES string of the molecule is Cc1nn(-c2ccccc2)c(C)c1NC(=O)COC(=O)CN1CCSC1=O. The van der Waals surface area contributed by atoms with E-state index in [9.17, 15) is 14.4 Å². The number of ether oxygens (including phenoxy) is 1. The second-order valence-electron chi connectivity index (χ2n) is 6.04. The van der Waals surface area contributed by atoms with Crippen LogP contribution in [-0.2, 0) is 14.3 Å². The largest absolute Gasteiger partial charge is 0.454 e. The summed E-state index contributed by atoms with van der Waals surface area (Å²) in [6.45, 7) is 3.62. The van der Waals surface area contributed by atoms with Crippen molar-refractivity contribution in [2.24, 2.45) is 0 Å². The van der Waals surface area contributed by atoms with Crippen molar-refractivity contribution in [2.75, 3.05) is 30.8 Å². The Labute approximate surface area is 160 Å². The van der Waals surface area contributed by atoms with Gasteiger partial charge in [-0.25, -0.2) is 4.68 Å². The van der Waals surface area contributed by atoms with Gasteiger partial charge < -0.3 is 15.0 Å². The molecule has 142 valence electrons. The zero-order valence-corrected chi connectivity index (χ0v) is 15.9. The van der Waals surface area contributed by atoms with Crippen molar-refractivity contribution in [1.29, 1.82) is 0 Å². The molecule has 0 spiro atoms. The van der Waals surface area contributed by atoms with E-state index in [1.807, 2.05) is 37.3 Å². The number of benzene rings is 1. The highest BCUT2D eigenvalue weighted by Gasteiger charge is 2.24. The van der Waals surface area contributed by atoms with Crippen LogP contribution >= 0.6 is 11.8 Å². The molecule has 1 saturated heterocycles. The first-order valence-electron chi connectivity index (χ1n) is 8.44. The maximum atomic E-state index is 12.2. The Bertz CT molecular complexity index is 866. The minimum absolute atomic E-state index is 0.136. The van der Waals surface area contributed by atoms with Gasteiger partial charge >= 0.3 is 5.97 Å². The van der Waals surface area contributed by atoms with Crippen LogP contribution in [-0.4, -0.2) is 57.2 Å². The van der Waals surface area contributed by atoms with Gasteiger partial charge in [0.25, 0.3) is 11.1 Å². The minimum atomic E-state index is -0.602. The van der Waals surface area contributed by atoms with Gasteiger partial charge in [0.1, 0.15) is 6.54 Å². The van der Waals surface area contributed by atoms with Gasteiger partial charge in [-0.2, -0.15) is 5.10 Å². The summed E-state index contributed by atoms with van der Waals surface area (Å²) in [4.78, 5) is 36.8. The predicted molar refractivity (Wildman–Crippen MR) is 102 cm³/mol. The molecule has 1 N–H and O–H groups in total. The van der Waals surface area contributed by atoms with Gasteiger partial charge in [-0.1, -0.05) is 30.0 Å². The molecule has 1 fully saturated rings. The Kier molecular flexibility index (Phi) is 5.80. The Morgan fingerprint density at radius 1 is 1.26 bits per heavy atom. The lowest BCUT2D eigenvalue weighted by molar-refractivity contribution is -0.147. The van der Waals surface area contributed by atoms with Gasteiger partial charge in [-0.3, -0.25) is 14.4 Å². The Hall–Kier alpha value is -2.81. The lowest BCUT2D eigenvalue weighted by Crippen LogP contribution is -2.32. The normalized spacial score (nSPS) is 13.7. The molecule has 1 aromatic heterocycles. The van der Waals surface area contributed by atoms with E-state index >= 15 is 0 Å². The van der Waals surface area contributed by atoms with Crippen molar-refractivity contribution in [2.45, 2.75) is 13.8 Å². The van der Waals surface area contributed by atoms with E-state index < -0.39 is 18.5 Å². The molecule has 0 saturated carbocycles. The quantitative estimate of drug-likeness (QED) is 0.762.